The van der Waals surface area contributed by atoms with Gasteiger partial charge in [-0.05, 0) is 47.9 Å². The van der Waals surface area contributed by atoms with Crippen molar-refractivity contribution < 1.29 is 46.7 Å². The maximum Gasteiger partial charge on any atom is 0.347 e. The molecule has 2 aromatic carbocycles. The molecule has 3 atom stereocenters. The van der Waals surface area contributed by atoms with Crippen molar-refractivity contribution in [3.05, 3.63) is 64.7 Å². The molecule has 0 aliphatic heterocycles. The first-order valence-corrected chi connectivity index (χ1v) is 16.0. The number of rotatable bonds is 13. The molecule has 2 aromatic rings. The lowest BCUT2D eigenvalue weighted by atomic mass is 10.1. The molecular formula is C21H31N2O10P3. The molecule has 0 aromatic heterocycles. The van der Waals surface area contributed by atoms with Gasteiger partial charge in [0.2, 0.25) is 0 Å². The second-order valence-corrected chi connectivity index (χ2v) is 13.7. The first-order chi connectivity index (χ1) is 16.7. The number of nitrogen functional groups attached to an aromatic ring is 1. The van der Waals surface area contributed by atoms with Crippen LogP contribution < -0.4 is 5.73 Å². The number of benzene rings is 2. The third-order valence-electron chi connectivity index (χ3n) is 4.93. The van der Waals surface area contributed by atoms with Crippen LogP contribution in [0.3, 0.4) is 0 Å². The monoisotopic (exact) mass is 564 g/mol. The molecule has 0 saturated heterocycles. The molecule has 36 heavy (non-hydrogen) atoms. The van der Waals surface area contributed by atoms with Gasteiger partial charge in [0.15, 0.2) is 0 Å². The number of nitrogens with two attached hydrogens (primary N) is 1. The van der Waals surface area contributed by atoms with E-state index in [0.29, 0.717) is 11.3 Å². The van der Waals surface area contributed by atoms with Crippen molar-refractivity contribution in [2.75, 3.05) is 32.8 Å². The Morgan fingerprint density at radius 1 is 0.889 bits per heavy atom. The van der Waals surface area contributed by atoms with E-state index < -0.39 is 47.3 Å². The Morgan fingerprint density at radius 2 is 1.44 bits per heavy atom. The van der Waals surface area contributed by atoms with E-state index in [1.54, 1.807) is 24.3 Å². The molecule has 1 amide bonds. The van der Waals surface area contributed by atoms with Crippen molar-refractivity contribution in [2.45, 2.75) is 25.8 Å². The second-order valence-electron chi connectivity index (χ2n) is 7.94. The highest BCUT2D eigenvalue weighted by molar-refractivity contribution is 7.52. The lowest BCUT2D eigenvalue weighted by molar-refractivity contribution is 0.0757. The van der Waals surface area contributed by atoms with Crippen molar-refractivity contribution in [1.29, 1.82) is 0 Å². The molecule has 12 nitrogen and oxygen atoms in total. The standard InChI is InChI=1S/C21H31N2O10P3/c1-4-33-36(29,30)15-23(12-16-6-5-7-20(22)11-16)21(24)19-9-17(13-34(25,26)31-2)8-18(10-19)14-35(27,28)32-3/h5-11H,4,12-15,22H2,1-3H3,(H,25,26)(H,27,28)(H,29,30). The van der Waals surface area contributed by atoms with Crippen LogP contribution >= 0.6 is 22.8 Å². The molecule has 2 rings (SSSR count). The number of anilines is 1. The van der Waals surface area contributed by atoms with Gasteiger partial charge in [-0.1, -0.05) is 18.2 Å². The van der Waals surface area contributed by atoms with Crippen LogP contribution in [0.4, 0.5) is 5.69 Å². The molecule has 0 bridgehead atoms. The fourth-order valence-corrected chi connectivity index (χ4v) is 6.09. The first-order valence-electron chi connectivity index (χ1n) is 10.7. The van der Waals surface area contributed by atoms with Crippen LogP contribution in [-0.4, -0.2) is 52.6 Å². The second kappa shape index (κ2) is 12.6. The van der Waals surface area contributed by atoms with Gasteiger partial charge in [-0.25, -0.2) is 0 Å². The zero-order valence-electron chi connectivity index (χ0n) is 20.1. The van der Waals surface area contributed by atoms with Crippen molar-refractivity contribution >= 4 is 34.4 Å². The molecule has 0 aliphatic rings. The van der Waals surface area contributed by atoms with Crippen LogP contribution in [0.2, 0.25) is 0 Å². The Balaban J connectivity index is 2.55. The minimum atomic E-state index is -4.21. The molecule has 0 saturated carbocycles. The summed E-state index contributed by atoms with van der Waals surface area (Å²) in [7, 11) is -10.2. The van der Waals surface area contributed by atoms with E-state index >= 15 is 0 Å². The predicted octanol–water partition coefficient (Wildman–Crippen LogP) is 3.75. The normalized spacial score (nSPS) is 16.5. The Bertz CT molecular complexity index is 1180. The largest absolute Gasteiger partial charge is 0.399 e. The maximum absolute atomic E-state index is 13.6. The van der Waals surface area contributed by atoms with E-state index in [2.05, 4.69) is 9.05 Å². The summed E-state index contributed by atoms with van der Waals surface area (Å²) in [6.45, 7) is 1.38. The highest BCUT2D eigenvalue weighted by Gasteiger charge is 2.29. The van der Waals surface area contributed by atoms with E-state index in [1.807, 2.05) is 0 Å². The predicted molar refractivity (Wildman–Crippen MR) is 135 cm³/mol. The van der Waals surface area contributed by atoms with E-state index in [0.717, 1.165) is 19.1 Å². The summed E-state index contributed by atoms with van der Waals surface area (Å²) < 4.78 is 51.1. The highest BCUT2D eigenvalue weighted by atomic mass is 31.2. The van der Waals surface area contributed by atoms with Gasteiger partial charge in [0, 0.05) is 32.0 Å². The smallest absolute Gasteiger partial charge is 0.347 e. The van der Waals surface area contributed by atoms with E-state index in [1.165, 1.54) is 25.1 Å². The van der Waals surface area contributed by atoms with Crippen molar-refractivity contribution in [2.24, 2.45) is 0 Å². The zero-order valence-corrected chi connectivity index (χ0v) is 22.8. The Labute approximate surface area is 209 Å². The number of nitrogens with zero attached hydrogens (tertiary/aromatic N) is 1. The molecule has 0 spiro atoms. The van der Waals surface area contributed by atoms with Gasteiger partial charge in [0.25, 0.3) is 5.91 Å². The van der Waals surface area contributed by atoms with E-state index in [9.17, 15) is 33.2 Å². The highest BCUT2D eigenvalue weighted by Crippen LogP contribution is 2.47. The number of amides is 1. The zero-order chi connectivity index (χ0) is 27.1. The number of hydrogen-bond acceptors (Lipinski definition) is 8. The molecule has 3 unspecified atom stereocenters. The summed E-state index contributed by atoms with van der Waals surface area (Å²) in [6.07, 6.45) is -1.61. The van der Waals surface area contributed by atoms with Crippen LogP contribution in [0.25, 0.3) is 0 Å². The maximum atomic E-state index is 13.6. The van der Waals surface area contributed by atoms with Crippen LogP contribution in [-0.2, 0) is 46.1 Å². The van der Waals surface area contributed by atoms with Crippen LogP contribution in [0.1, 0.15) is 34.0 Å². The summed E-state index contributed by atoms with van der Waals surface area (Å²) in [6, 6.07) is 10.6. The lowest BCUT2D eigenvalue weighted by Crippen LogP contribution is -2.32. The van der Waals surface area contributed by atoms with Gasteiger partial charge in [-0.2, -0.15) is 0 Å². The number of carbonyl (C=O) groups is 1. The van der Waals surface area contributed by atoms with Gasteiger partial charge >= 0.3 is 22.8 Å². The van der Waals surface area contributed by atoms with Crippen molar-refractivity contribution in [3.8, 4) is 0 Å². The summed E-state index contributed by atoms with van der Waals surface area (Å²) in [5.41, 5.74) is 7.15. The third-order valence-corrected chi connectivity index (χ3v) is 8.96. The minimum absolute atomic E-state index is 0.0462. The molecule has 0 heterocycles. The van der Waals surface area contributed by atoms with Gasteiger partial charge in [0.1, 0.15) is 6.29 Å². The SMILES string of the molecule is CCOP(=O)(O)CN(Cc1cccc(N)c1)C(=O)c1cc(CP(=O)(O)OC)cc(CP(=O)(O)OC)c1. The molecule has 0 fully saturated rings. The van der Waals surface area contributed by atoms with Gasteiger partial charge in [0.05, 0.1) is 18.9 Å². The minimum Gasteiger partial charge on any atom is -0.399 e. The lowest BCUT2D eigenvalue weighted by Gasteiger charge is -2.26. The molecule has 0 radical (unpaired) electrons. The van der Waals surface area contributed by atoms with Crippen LogP contribution in [0.5, 0.6) is 0 Å². The van der Waals surface area contributed by atoms with Gasteiger partial charge in [-0.3, -0.25) is 18.5 Å². The summed E-state index contributed by atoms with van der Waals surface area (Å²) >= 11 is 0. The first kappa shape index (κ1) is 30.4. The fraction of sp³-hybridized carbons (Fsp3) is 0.381. The topological polar surface area (TPSA) is 186 Å². The van der Waals surface area contributed by atoms with Crippen molar-refractivity contribution in [3.63, 3.8) is 0 Å². The summed E-state index contributed by atoms with van der Waals surface area (Å²) in [5, 5.41) is 0. The Kier molecular flexibility index (Phi) is 10.6. The molecular weight excluding hydrogens is 533 g/mol. The fourth-order valence-electron chi connectivity index (χ4n) is 3.40. The summed E-state index contributed by atoms with van der Waals surface area (Å²) in [4.78, 5) is 44.7. The Morgan fingerprint density at radius 3 is 1.92 bits per heavy atom. The Hall–Kier alpha value is -1.84. The quantitative estimate of drug-likeness (QED) is 0.205. The molecule has 5 N–H and O–H groups in total. The molecule has 15 heteroatoms. The number of carbonyl (C=O) groups excluding carboxylic acids is 1. The van der Waals surface area contributed by atoms with Crippen LogP contribution in [0, 0.1) is 0 Å². The van der Waals surface area contributed by atoms with Crippen LogP contribution in [0.15, 0.2) is 42.5 Å². The average Bonchev–Trinajstić information content (AvgIpc) is 2.77. The average molecular weight is 564 g/mol. The van der Waals surface area contributed by atoms with Gasteiger partial charge < -0.3 is 38.9 Å². The molecule has 0 aliphatic carbocycles. The van der Waals surface area contributed by atoms with Gasteiger partial charge in [-0.15, -0.1) is 0 Å². The number of hydrogen-bond donors (Lipinski definition) is 4. The summed E-state index contributed by atoms with van der Waals surface area (Å²) in [5.74, 6) is -0.718. The molecule has 200 valence electrons. The van der Waals surface area contributed by atoms with E-state index in [4.69, 9.17) is 10.3 Å². The third kappa shape index (κ3) is 9.56. The van der Waals surface area contributed by atoms with E-state index in [-0.39, 0.29) is 29.8 Å². The van der Waals surface area contributed by atoms with Crippen molar-refractivity contribution in [1.82, 2.24) is 4.90 Å².